The van der Waals surface area contributed by atoms with Crippen LogP contribution in [0.4, 0.5) is 5.69 Å². The smallest absolute Gasteiger partial charge is 0.256 e. The number of rotatable bonds is 2. The summed E-state index contributed by atoms with van der Waals surface area (Å²) in [6.45, 7) is 2.48. The van der Waals surface area contributed by atoms with E-state index in [0.717, 1.165) is 0 Å². The lowest BCUT2D eigenvalue weighted by molar-refractivity contribution is -0.181. The second-order valence-electron chi connectivity index (χ2n) is 5.35. The summed E-state index contributed by atoms with van der Waals surface area (Å²) in [6, 6.07) is 5.13. The van der Waals surface area contributed by atoms with Crippen molar-refractivity contribution in [1.29, 1.82) is 0 Å². The Kier molecular flexibility index (Phi) is 3.73. The fourth-order valence-electron chi connectivity index (χ4n) is 2.85. The van der Waals surface area contributed by atoms with E-state index in [0.29, 0.717) is 56.1 Å². The van der Waals surface area contributed by atoms with E-state index in [1.54, 1.807) is 30.2 Å². The molecule has 0 saturated carbocycles. The minimum atomic E-state index is -0.475. The third-order valence-corrected chi connectivity index (χ3v) is 4.12. The third-order valence-electron chi connectivity index (χ3n) is 4.12. The lowest BCUT2D eigenvalue weighted by atomic mass is 10.0. The van der Waals surface area contributed by atoms with Crippen LogP contribution in [-0.4, -0.2) is 50.0 Å². The van der Waals surface area contributed by atoms with Gasteiger partial charge in [0.25, 0.3) is 5.91 Å². The van der Waals surface area contributed by atoms with Crippen molar-refractivity contribution in [2.24, 2.45) is 0 Å². The lowest BCUT2D eigenvalue weighted by Crippen LogP contribution is -2.47. The molecule has 1 aromatic carbocycles. The second kappa shape index (κ2) is 5.54. The highest BCUT2D eigenvalue weighted by Gasteiger charge is 2.41. The minimum absolute atomic E-state index is 0.0701. The van der Waals surface area contributed by atoms with E-state index in [1.807, 2.05) is 0 Å². The van der Waals surface area contributed by atoms with Gasteiger partial charge in [-0.1, -0.05) is 0 Å². The highest BCUT2D eigenvalue weighted by Crippen LogP contribution is 2.32. The maximum atomic E-state index is 12.6. The van der Waals surface area contributed by atoms with Crippen LogP contribution in [0.25, 0.3) is 0 Å². The zero-order valence-corrected chi connectivity index (χ0v) is 12.1. The molecule has 0 unspecified atom stereocenters. The van der Waals surface area contributed by atoms with Crippen LogP contribution in [0.5, 0.6) is 5.75 Å². The summed E-state index contributed by atoms with van der Waals surface area (Å²) in [5, 5.41) is 0. The van der Waals surface area contributed by atoms with Gasteiger partial charge in [0, 0.05) is 31.6 Å². The number of piperidine rings is 1. The number of hydrogen-bond donors (Lipinski definition) is 1. The first-order valence-electron chi connectivity index (χ1n) is 7.14. The Morgan fingerprint density at radius 3 is 2.57 bits per heavy atom. The van der Waals surface area contributed by atoms with Crippen LogP contribution in [-0.2, 0) is 9.47 Å². The number of nitrogens with zero attached hydrogens (tertiary/aromatic N) is 1. The molecule has 6 heteroatoms. The molecule has 0 aromatic heterocycles. The predicted octanol–water partition coefficient (Wildman–Crippen LogP) is 1.26. The molecule has 1 aromatic rings. The molecule has 2 N–H and O–H groups in total. The molecule has 1 spiro atoms. The van der Waals surface area contributed by atoms with Crippen LogP contribution in [0.1, 0.15) is 23.2 Å². The highest BCUT2D eigenvalue weighted by molar-refractivity contribution is 5.99. The number of likely N-dealkylation sites (tertiary alicyclic amines) is 1. The van der Waals surface area contributed by atoms with Crippen LogP contribution < -0.4 is 10.5 Å². The van der Waals surface area contributed by atoms with Crippen LogP contribution >= 0.6 is 0 Å². The molecule has 2 aliphatic heterocycles. The average molecular weight is 292 g/mol. The molecule has 114 valence electrons. The molecule has 0 bridgehead atoms. The normalized spacial score (nSPS) is 20.7. The van der Waals surface area contributed by atoms with E-state index >= 15 is 0 Å². The number of benzene rings is 1. The molecule has 2 aliphatic rings. The zero-order chi connectivity index (χ0) is 14.9. The van der Waals surface area contributed by atoms with E-state index in [4.69, 9.17) is 19.9 Å². The van der Waals surface area contributed by atoms with Crippen LogP contribution in [0.15, 0.2) is 18.2 Å². The standard InChI is InChI=1S/C15H20N2O4/c1-19-11-2-3-13(16)12(10-11)14(18)17-6-4-15(5-7-17)20-8-9-21-15/h2-3,10H,4-9,16H2,1H3. The SMILES string of the molecule is COc1ccc(N)c(C(=O)N2CCC3(CC2)OCCO3)c1. The number of ether oxygens (including phenoxy) is 3. The Labute approximate surface area is 123 Å². The number of anilines is 1. The summed E-state index contributed by atoms with van der Waals surface area (Å²) in [5.74, 6) is 0.0826. The summed E-state index contributed by atoms with van der Waals surface area (Å²) in [5.41, 5.74) is 6.87. The van der Waals surface area contributed by atoms with Gasteiger partial charge in [-0.05, 0) is 18.2 Å². The van der Waals surface area contributed by atoms with E-state index < -0.39 is 5.79 Å². The van der Waals surface area contributed by atoms with Crippen molar-refractivity contribution in [1.82, 2.24) is 4.90 Å². The quantitative estimate of drug-likeness (QED) is 0.831. The first-order valence-corrected chi connectivity index (χ1v) is 7.14. The summed E-state index contributed by atoms with van der Waals surface area (Å²) in [4.78, 5) is 14.4. The number of nitrogen functional groups attached to an aromatic ring is 1. The Morgan fingerprint density at radius 1 is 1.29 bits per heavy atom. The first-order chi connectivity index (χ1) is 10.1. The molecule has 21 heavy (non-hydrogen) atoms. The van der Waals surface area contributed by atoms with Gasteiger partial charge in [0.2, 0.25) is 0 Å². The van der Waals surface area contributed by atoms with E-state index in [2.05, 4.69) is 0 Å². The number of methoxy groups -OCH3 is 1. The number of nitrogens with two attached hydrogens (primary N) is 1. The Hall–Kier alpha value is -1.79. The van der Waals surface area contributed by atoms with Crippen molar-refractivity contribution in [3.05, 3.63) is 23.8 Å². The molecule has 0 atom stereocenters. The van der Waals surface area contributed by atoms with E-state index in [1.165, 1.54) is 0 Å². The lowest BCUT2D eigenvalue weighted by Gasteiger charge is -2.37. The topological polar surface area (TPSA) is 74.0 Å². The molecular formula is C15H20N2O4. The van der Waals surface area contributed by atoms with Gasteiger partial charge in [-0.15, -0.1) is 0 Å². The Morgan fingerprint density at radius 2 is 1.95 bits per heavy atom. The predicted molar refractivity (Wildman–Crippen MR) is 77.2 cm³/mol. The summed E-state index contributed by atoms with van der Waals surface area (Å²) < 4.78 is 16.5. The minimum Gasteiger partial charge on any atom is -0.497 e. The van der Waals surface area contributed by atoms with Crippen LogP contribution in [0.3, 0.4) is 0 Å². The fraction of sp³-hybridized carbons (Fsp3) is 0.533. The molecule has 0 radical (unpaired) electrons. The highest BCUT2D eigenvalue weighted by atomic mass is 16.7. The van der Waals surface area contributed by atoms with Crippen molar-refractivity contribution in [3.8, 4) is 5.75 Å². The number of carbonyl (C=O) groups excluding carboxylic acids is 1. The van der Waals surface area contributed by atoms with Crippen molar-refractivity contribution < 1.29 is 19.0 Å². The van der Waals surface area contributed by atoms with Gasteiger partial charge in [-0.2, -0.15) is 0 Å². The Balaban J connectivity index is 1.72. The van der Waals surface area contributed by atoms with Crippen molar-refractivity contribution in [3.63, 3.8) is 0 Å². The van der Waals surface area contributed by atoms with E-state index in [9.17, 15) is 4.79 Å². The molecule has 2 saturated heterocycles. The van der Waals surface area contributed by atoms with Gasteiger partial charge in [-0.3, -0.25) is 4.79 Å². The molecule has 2 fully saturated rings. The zero-order valence-electron chi connectivity index (χ0n) is 12.1. The molecule has 2 heterocycles. The van der Waals surface area contributed by atoms with Crippen LogP contribution in [0, 0.1) is 0 Å². The molecule has 0 aliphatic carbocycles. The number of hydrogen-bond acceptors (Lipinski definition) is 5. The maximum absolute atomic E-state index is 12.6. The largest absolute Gasteiger partial charge is 0.497 e. The molecule has 3 rings (SSSR count). The van der Waals surface area contributed by atoms with Crippen molar-refractivity contribution >= 4 is 11.6 Å². The Bertz CT molecular complexity index is 530. The van der Waals surface area contributed by atoms with Gasteiger partial charge in [0.15, 0.2) is 5.79 Å². The summed E-state index contributed by atoms with van der Waals surface area (Å²) in [6.07, 6.45) is 1.39. The monoisotopic (exact) mass is 292 g/mol. The summed E-state index contributed by atoms with van der Waals surface area (Å²) in [7, 11) is 1.57. The molecular weight excluding hydrogens is 272 g/mol. The number of carbonyl (C=O) groups is 1. The summed E-state index contributed by atoms with van der Waals surface area (Å²) >= 11 is 0. The van der Waals surface area contributed by atoms with Gasteiger partial charge >= 0.3 is 0 Å². The average Bonchev–Trinajstić information content (AvgIpc) is 2.96. The van der Waals surface area contributed by atoms with Gasteiger partial charge < -0.3 is 24.8 Å². The maximum Gasteiger partial charge on any atom is 0.256 e. The van der Waals surface area contributed by atoms with Crippen molar-refractivity contribution in [2.45, 2.75) is 18.6 Å². The second-order valence-corrected chi connectivity index (χ2v) is 5.35. The first kappa shape index (κ1) is 14.2. The van der Waals surface area contributed by atoms with E-state index in [-0.39, 0.29) is 5.91 Å². The van der Waals surface area contributed by atoms with Crippen molar-refractivity contribution in [2.75, 3.05) is 39.1 Å². The number of amides is 1. The third kappa shape index (κ3) is 2.69. The molecule has 1 amide bonds. The van der Waals surface area contributed by atoms with Gasteiger partial charge in [-0.25, -0.2) is 0 Å². The van der Waals surface area contributed by atoms with Gasteiger partial charge in [0.05, 0.1) is 25.9 Å². The van der Waals surface area contributed by atoms with Crippen LogP contribution in [0.2, 0.25) is 0 Å². The van der Waals surface area contributed by atoms with Gasteiger partial charge in [0.1, 0.15) is 5.75 Å². The molecule has 6 nitrogen and oxygen atoms in total. The fourth-order valence-corrected chi connectivity index (χ4v) is 2.85.